The zero-order valence-electron chi connectivity index (χ0n) is 16.5. The molecule has 1 saturated heterocycles. The van der Waals surface area contributed by atoms with Crippen molar-refractivity contribution >= 4 is 28.6 Å². The van der Waals surface area contributed by atoms with Gasteiger partial charge in [-0.3, -0.25) is 10.2 Å². The molecule has 1 aliphatic heterocycles. The standard InChI is InChI=1S/C19H22FN5O4S/c1-28-6-5-16-18(21)25-15(10-30(16)27)12-7-11(3-4-13(12)20)24-19(26)14-8-23-17(29-2)9-22-14/h3-4,7-9,15-16H,5-6,10H2,1-2H3,(H2,21,25)(H,24,26)/t15-,16+,30?/m0/s1. The number of carbonyl (C=O) groups excluding carboxylic acids is 1. The molecule has 1 aliphatic rings. The van der Waals surface area contributed by atoms with Gasteiger partial charge < -0.3 is 24.7 Å². The molecular formula is C19H22FN5O4S. The van der Waals surface area contributed by atoms with Gasteiger partial charge in [0.15, 0.2) is 5.25 Å². The van der Waals surface area contributed by atoms with E-state index in [1.807, 2.05) is 0 Å². The van der Waals surface area contributed by atoms with Crippen LogP contribution >= 0.6 is 0 Å². The van der Waals surface area contributed by atoms with Gasteiger partial charge in [0.05, 0.1) is 26.1 Å². The number of ether oxygens (including phenoxy) is 2. The van der Waals surface area contributed by atoms with Crippen LogP contribution in [0, 0.1) is 11.2 Å². The maximum absolute atomic E-state index is 14.5. The third-order valence-electron chi connectivity index (χ3n) is 4.58. The van der Waals surface area contributed by atoms with E-state index in [0.29, 0.717) is 18.7 Å². The van der Waals surface area contributed by atoms with E-state index in [4.69, 9.17) is 14.9 Å². The fraction of sp³-hybridized carbons (Fsp3) is 0.368. The average Bonchev–Trinajstić information content (AvgIpc) is 2.74. The van der Waals surface area contributed by atoms with Crippen LogP contribution in [-0.2, 0) is 15.9 Å². The summed E-state index contributed by atoms with van der Waals surface area (Å²) < 4.78 is 36.9. The van der Waals surface area contributed by atoms with Crippen LogP contribution in [0.4, 0.5) is 10.1 Å². The van der Waals surface area contributed by atoms with Crippen LogP contribution in [0.5, 0.6) is 5.88 Å². The summed E-state index contributed by atoms with van der Waals surface area (Å²) in [5, 5.41) is 13.2. The summed E-state index contributed by atoms with van der Waals surface area (Å²) in [5.74, 6) is -0.526. The first kappa shape index (κ1) is 21.9. The number of hydrogen-bond acceptors (Lipinski definition) is 7. The van der Waals surface area contributed by atoms with E-state index in [1.165, 1.54) is 44.8 Å². The second-order valence-electron chi connectivity index (χ2n) is 6.56. The van der Waals surface area contributed by atoms with Gasteiger partial charge in [-0.25, -0.2) is 14.4 Å². The molecule has 0 saturated carbocycles. The highest BCUT2D eigenvalue weighted by Crippen LogP contribution is 2.28. The number of nitrogens with zero attached hydrogens (tertiary/aromatic N) is 2. The van der Waals surface area contributed by atoms with Crippen molar-refractivity contribution in [2.75, 3.05) is 31.9 Å². The Bertz CT molecular complexity index is 914. The van der Waals surface area contributed by atoms with E-state index in [-0.39, 0.29) is 28.7 Å². The Kier molecular flexibility index (Phi) is 7.19. The summed E-state index contributed by atoms with van der Waals surface area (Å²) in [7, 11) is 2.98. The van der Waals surface area contributed by atoms with Crippen LogP contribution in [0.3, 0.4) is 0 Å². The van der Waals surface area contributed by atoms with Gasteiger partial charge in [-0.05, 0) is 29.4 Å². The minimum Gasteiger partial charge on any atom is -0.616 e. The molecule has 2 aromatic rings. The lowest BCUT2D eigenvalue weighted by Crippen LogP contribution is -2.50. The number of amidine groups is 1. The molecule has 0 aliphatic carbocycles. The van der Waals surface area contributed by atoms with Crippen LogP contribution in [-0.4, -0.2) is 58.1 Å². The number of benzene rings is 1. The summed E-state index contributed by atoms with van der Waals surface area (Å²) in [6, 6.07) is 3.45. The molecule has 1 unspecified atom stereocenters. The number of anilines is 1. The Morgan fingerprint density at radius 3 is 2.83 bits per heavy atom. The largest absolute Gasteiger partial charge is 0.616 e. The third kappa shape index (κ3) is 5.04. The molecule has 1 aromatic heterocycles. The van der Waals surface area contributed by atoms with Crippen molar-refractivity contribution in [3.05, 3.63) is 47.7 Å². The summed E-state index contributed by atoms with van der Waals surface area (Å²) >= 11 is -1.35. The molecule has 160 valence electrons. The fourth-order valence-corrected chi connectivity index (χ4v) is 4.54. The SMILES string of the molecule is COCC[C@@H]1C(=N)N[C@H](c2cc(NC(=O)c3cnc(OC)cn3)ccc2F)C[S+]1[O-]. The van der Waals surface area contributed by atoms with Gasteiger partial charge in [-0.2, -0.15) is 0 Å². The zero-order valence-corrected chi connectivity index (χ0v) is 17.3. The quantitative estimate of drug-likeness (QED) is 0.563. The van der Waals surface area contributed by atoms with Crippen LogP contribution in [0.15, 0.2) is 30.6 Å². The fourth-order valence-electron chi connectivity index (χ4n) is 3.02. The van der Waals surface area contributed by atoms with E-state index >= 15 is 0 Å². The highest BCUT2D eigenvalue weighted by Gasteiger charge is 2.37. The molecule has 0 spiro atoms. The van der Waals surface area contributed by atoms with Crippen molar-refractivity contribution in [3.8, 4) is 5.88 Å². The van der Waals surface area contributed by atoms with Gasteiger partial charge >= 0.3 is 0 Å². The van der Waals surface area contributed by atoms with Crippen LogP contribution in [0.2, 0.25) is 0 Å². The lowest BCUT2D eigenvalue weighted by Gasteiger charge is -2.33. The topological polar surface area (TPSA) is 132 Å². The second-order valence-corrected chi connectivity index (χ2v) is 8.23. The zero-order chi connectivity index (χ0) is 21.7. The maximum Gasteiger partial charge on any atom is 0.275 e. The number of nitrogens with one attached hydrogen (secondary N) is 3. The molecule has 0 bridgehead atoms. The van der Waals surface area contributed by atoms with Gasteiger partial charge in [0, 0.05) is 24.8 Å². The summed E-state index contributed by atoms with van der Waals surface area (Å²) in [6.45, 7) is 0.384. The normalized spacial score (nSPS) is 21.1. The van der Waals surface area contributed by atoms with Gasteiger partial charge in [0.1, 0.15) is 29.1 Å². The van der Waals surface area contributed by atoms with Crippen molar-refractivity contribution in [3.63, 3.8) is 0 Å². The second kappa shape index (κ2) is 9.83. The van der Waals surface area contributed by atoms with Gasteiger partial charge in [-0.1, -0.05) is 0 Å². The maximum atomic E-state index is 14.5. The number of amides is 1. The molecule has 1 amide bonds. The smallest absolute Gasteiger partial charge is 0.275 e. The molecule has 0 radical (unpaired) electrons. The summed E-state index contributed by atoms with van der Waals surface area (Å²) in [5.41, 5.74) is 0.632. The number of aromatic nitrogens is 2. The predicted octanol–water partition coefficient (Wildman–Crippen LogP) is 1.65. The lowest BCUT2D eigenvalue weighted by molar-refractivity contribution is 0.102. The molecule has 30 heavy (non-hydrogen) atoms. The van der Waals surface area contributed by atoms with E-state index in [2.05, 4.69) is 20.6 Å². The molecule has 2 heterocycles. The van der Waals surface area contributed by atoms with Gasteiger partial charge in [0.2, 0.25) is 5.88 Å². The summed E-state index contributed by atoms with van der Waals surface area (Å²) in [4.78, 5) is 20.3. The molecule has 3 N–H and O–H groups in total. The molecule has 11 heteroatoms. The van der Waals surface area contributed by atoms with Crippen LogP contribution in [0.25, 0.3) is 0 Å². The van der Waals surface area contributed by atoms with Crippen molar-refractivity contribution in [1.82, 2.24) is 15.3 Å². The number of halogens is 1. The molecule has 9 nitrogen and oxygen atoms in total. The first-order chi connectivity index (χ1) is 14.4. The van der Waals surface area contributed by atoms with E-state index in [0.717, 1.165) is 0 Å². The van der Waals surface area contributed by atoms with E-state index in [1.54, 1.807) is 0 Å². The predicted molar refractivity (Wildman–Crippen MR) is 110 cm³/mol. The minimum absolute atomic E-state index is 0.0707. The van der Waals surface area contributed by atoms with Crippen molar-refractivity contribution in [2.45, 2.75) is 17.7 Å². The number of carbonyl (C=O) groups is 1. The Labute approximate surface area is 176 Å². The van der Waals surface area contributed by atoms with Gasteiger partial charge in [0.25, 0.3) is 5.91 Å². The Hall–Kier alpha value is -2.76. The number of rotatable bonds is 7. The first-order valence-corrected chi connectivity index (χ1v) is 10.5. The average molecular weight is 435 g/mol. The lowest BCUT2D eigenvalue weighted by atomic mass is 10.1. The summed E-state index contributed by atoms with van der Waals surface area (Å²) in [6.07, 6.45) is 3.03. The highest BCUT2D eigenvalue weighted by molar-refractivity contribution is 7.92. The molecule has 1 aromatic carbocycles. The number of hydrogen-bond donors (Lipinski definition) is 3. The number of methoxy groups -OCH3 is 2. The van der Waals surface area contributed by atoms with E-state index in [9.17, 15) is 13.7 Å². The highest BCUT2D eigenvalue weighted by atomic mass is 32.2. The van der Waals surface area contributed by atoms with Crippen LogP contribution < -0.4 is 15.4 Å². The third-order valence-corrected chi connectivity index (χ3v) is 6.35. The monoisotopic (exact) mass is 435 g/mol. The molecule has 1 fully saturated rings. The Morgan fingerprint density at radius 1 is 1.40 bits per heavy atom. The van der Waals surface area contributed by atoms with Gasteiger partial charge in [-0.15, -0.1) is 0 Å². The van der Waals surface area contributed by atoms with Crippen molar-refractivity contribution in [2.24, 2.45) is 0 Å². The van der Waals surface area contributed by atoms with Crippen molar-refractivity contribution in [1.29, 1.82) is 5.41 Å². The molecular weight excluding hydrogens is 413 g/mol. The molecule has 3 atom stereocenters. The van der Waals surface area contributed by atoms with E-state index < -0.39 is 34.2 Å². The van der Waals surface area contributed by atoms with Crippen molar-refractivity contribution < 1.29 is 23.2 Å². The Morgan fingerprint density at radius 2 is 2.20 bits per heavy atom. The molecule has 3 rings (SSSR count). The Balaban J connectivity index is 1.73. The minimum atomic E-state index is -1.35. The first-order valence-electron chi connectivity index (χ1n) is 9.10. The van der Waals surface area contributed by atoms with Crippen LogP contribution in [0.1, 0.15) is 28.5 Å².